The van der Waals surface area contributed by atoms with E-state index in [0.717, 1.165) is 12.8 Å². The van der Waals surface area contributed by atoms with Gasteiger partial charge in [0.1, 0.15) is 0 Å². The summed E-state index contributed by atoms with van der Waals surface area (Å²) >= 11 is 0. The van der Waals surface area contributed by atoms with Crippen molar-refractivity contribution in [1.82, 2.24) is 0 Å². The zero-order valence-electron chi connectivity index (χ0n) is 6.99. The van der Waals surface area contributed by atoms with E-state index in [2.05, 4.69) is 9.78 Å². The summed E-state index contributed by atoms with van der Waals surface area (Å²) < 4.78 is 0. The third-order valence-corrected chi connectivity index (χ3v) is 1.53. The largest absolute Gasteiger partial charge is 0.252 e. The molecule has 2 N–H and O–H groups in total. The first kappa shape index (κ1) is 10.8. The molecule has 4 heteroatoms. The van der Waals surface area contributed by atoms with Gasteiger partial charge >= 0.3 is 0 Å². The third-order valence-electron chi connectivity index (χ3n) is 1.53. The van der Waals surface area contributed by atoms with Gasteiger partial charge in [0.25, 0.3) is 0 Å². The van der Waals surface area contributed by atoms with E-state index in [9.17, 15) is 0 Å². The molecule has 2 unspecified atom stereocenters. The quantitative estimate of drug-likeness (QED) is 0.465. The van der Waals surface area contributed by atoms with Crippen molar-refractivity contribution < 1.29 is 20.3 Å². The highest BCUT2D eigenvalue weighted by Crippen LogP contribution is 2.09. The summed E-state index contributed by atoms with van der Waals surface area (Å²) in [6.07, 6.45) is 1.68. The minimum absolute atomic E-state index is 0.234. The molecule has 0 radical (unpaired) electrons. The summed E-state index contributed by atoms with van der Waals surface area (Å²) in [6.45, 7) is 3.71. The number of rotatable bonds is 6. The molecule has 68 valence electrons. The van der Waals surface area contributed by atoms with Crippen molar-refractivity contribution in [3.8, 4) is 0 Å². The van der Waals surface area contributed by atoms with E-state index in [1.165, 1.54) is 0 Å². The van der Waals surface area contributed by atoms with E-state index in [1.54, 1.807) is 6.92 Å². The summed E-state index contributed by atoms with van der Waals surface area (Å²) in [5.41, 5.74) is 0. The molecule has 0 aliphatic carbocycles. The fraction of sp³-hybridized carbons (Fsp3) is 1.00. The van der Waals surface area contributed by atoms with Crippen LogP contribution in [0, 0.1) is 0 Å². The van der Waals surface area contributed by atoms with Crippen LogP contribution in [-0.4, -0.2) is 22.7 Å². The maximum atomic E-state index is 8.36. The Morgan fingerprint density at radius 1 is 1.27 bits per heavy atom. The van der Waals surface area contributed by atoms with Gasteiger partial charge < -0.3 is 0 Å². The van der Waals surface area contributed by atoms with Crippen LogP contribution < -0.4 is 0 Å². The van der Waals surface area contributed by atoms with E-state index >= 15 is 0 Å². The SMILES string of the molecule is CCCC(CC(C)OO)OO. The Bertz CT molecular complexity index is 86.5. The van der Waals surface area contributed by atoms with Crippen molar-refractivity contribution in [2.24, 2.45) is 0 Å². The molecule has 0 amide bonds. The molecule has 0 bridgehead atoms. The van der Waals surface area contributed by atoms with Gasteiger partial charge in [-0.25, -0.2) is 9.78 Å². The molecule has 0 heterocycles. The summed E-state index contributed by atoms with van der Waals surface area (Å²) in [6, 6.07) is 0. The van der Waals surface area contributed by atoms with Crippen LogP contribution >= 0.6 is 0 Å². The Hall–Kier alpha value is -0.160. The van der Waals surface area contributed by atoms with Crippen LogP contribution in [0.5, 0.6) is 0 Å². The van der Waals surface area contributed by atoms with Gasteiger partial charge in [-0.05, 0) is 13.3 Å². The number of hydrogen-bond donors (Lipinski definition) is 2. The van der Waals surface area contributed by atoms with Gasteiger partial charge in [0.05, 0.1) is 12.2 Å². The molecular formula is C7H16O4. The van der Waals surface area contributed by atoms with Crippen LogP contribution in [0.15, 0.2) is 0 Å². The summed E-state index contributed by atoms with van der Waals surface area (Å²) in [5.74, 6) is 0. The number of hydrogen-bond acceptors (Lipinski definition) is 4. The maximum Gasteiger partial charge on any atom is 0.0953 e. The lowest BCUT2D eigenvalue weighted by atomic mass is 10.1. The smallest absolute Gasteiger partial charge is 0.0953 e. The standard InChI is InChI=1S/C7H16O4/c1-3-4-7(11-9)5-6(2)10-8/h6-9H,3-5H2,1-2H3. The molecule has 0 fully saturated rings. The fourth-order valence-electron chi connectivity index (χ4n) is 0.949. The van der Waals surface area contributed by atoms with Gasteiger partial charge in [0.2, 0.25) is 0 Å². The molecule has 4 nitrogen and oxygen atoms in total. The molecule has 0 aromatic rings. The topological polar surface area (TPSA) is 58.9 Å². The predicted molar refractivity (Wildman–Crippen MR) is 40.2 cm³/mol. The average molecular weight is 164 g/mol. The van der Waals surface area contributed by atoms with E-state index in [0.29, 0.717) is 6.42 Å². The third kappa shape index (κ3) is 5.15. The lowest BCUT2D eigenvalue weighted by molar-refractivity contribution is -0.310. The first-order chi connectivity index (χ1) is 5.24. The molecule has 0 saturated heterocycles. The summed E-state index contributed by atoms with van der Waals surface area (Å²) in [7, 11) is 0. The first-order valence-corrected chi connectivity index (χ1v) is 3.85. The van der Waals surface area contributed by atoms with Crippen molar-refractivity contribution in [3.05, 3.63) is 0 Å². The van der Waals surface area contributed by atoms with Crippen LogP contribution in [0.2, 0.25) is 0 Å². The van der Waals surface area contributed by atoms with Crippen LogP contribution in [0.1, 0.15) is 33.1 Å². The normalized spacial score (nSPS) is 16.4. The molecule has 11 heavy (non-hydrogen) atoms. The van der Waals surface area contributed by atoms with Crippen LogP contribution in [0.25, 0.3) is 0 Å². The zero-order valence-corrected chi connectivity index (χ0v) is 6.99. The second kappa shape index (κ2) is 6.54. The van der Waals surface area contributed by atoms with Crippen LogP contribution in [-0.2, 0) is 9.78 Å². The molecule has 2 atom stereocenters. The van der Waals surface area contributed by atoms with Gasteiger partial charge in [-0.3, -0.25) is 10.5 Å². The fourth-order valence-corrected chi connectivity index (χ4v) is 0.949. The Morgan fingerprint density at radius 3 is 2.27 bits per heavy atom. The molecule has 0 rings (SSSR count). The summed E-state index contributed by atoms with van der Waals surface area (Å²) in [4.78, 5) is 8.21. The predicted octanol–water partition coefficient (Wildman–Crippen LogP) is 1.91. The van der Waals surface area contributed by atoms with Gasteiger partial charge in [-0.2, -0.15) is 0 Å². The van der Waals surface area contributed by atoms with Crippen molar-refractivity contribution >= 4 is 0 Å². The summed E-state index contributed by atoms with van der Waals surface area (Å²) in [5, 5.41) is 16.6. The van der Waals surface area contributed by atoms with Gasteiger partial charge in [0.15, 0.2) is 0 Å². The van der Waals surface area contributed by atoms with E-state index in [4.69, 9.17) is 10.5 Å². The zero-order chi connectivity index (χ0) is 8.69. The molecule has 0 aliphatic heterocycles. The highest BCUT2D eigenvalue weighted by Gasteiger charge is 2.12. The Morgan fingerprint density at radius 2 is 1.91 bits per heavy atom. The minimum atomic E-state index is -0.293. The first-order valence-electron chi connectivity index (χ1n) is 3.85. The Kier molecular flexibility index (Phi) is 6.45. The second-order valence-corrected chi connectivity index (χ2v) is 2.67. The Balaban J connectivity index is 3.49. The highest BCUT2D eigenvalue weighted by molar-refractivity contribution is 4.59. The van der Waals surface area contributed by atoms with Crippen molar-refractivity contribution in [1.29, 1.82) is 0 Å². The van der Waals surface area contributed by atoms with E-state index in [1.807, 2.05) is 6.92 Å². The van der Waals surface area contributed by atoms with Crippen molar-refractivity contribution in [2.75, 3.05) is 0 Å². The monoisotopic (exact) mass is 164 g/mol. The van der Waals surface area contributed by atoms with Crippen LogP contribution in [0.4, 0.5) is 0 Å². The molecule has 0 aliphatic rings. The minimum Gasteiger partial charge on any atom is -0.252 e. The van der Waals surface area contributed by atoms with Crippen molar-refractivity contribution in [3.63, 3.8) is 0 Å². The average Bonchev–Trinajstić information content (AvgIpc) is 2.03. The van der Waals surface area contributed by atoms with Gasteiger partial charge in [-0.1, -0.05) is 13.3 Å². The van der Waals surface area contributed by atoms with Crippen molar-refractivity contribution in [2.45, 2.75) is 45.3 Å². The molecule has 0 aromatic carbocycles. The van der Waals surface area contributed by atoms with Gasteiger partial charge in [-0.15, -0.1) is 0 Å². The second-order valence-electron chi connectivity index (χ2n) is 2.67. The van der Waals surface area contributed by atoms with Gasteiger partial charge in [0, 0.05) is 6.42 Å². The Labute approximate surface area is 66.6 Å². The van der Waals surface area contributed by atoms with E-state index in [-0.39, 0.29) is 12.2 Å². The lowest BCUT2D eigenvalue weighted by Crippen LogP contribution is -2.19. The molecular weight excluding hydrogens is 148 g/mol. The van der Waals surface area contributed by atoms with Crippen LogP contribution in [0.3, 0.4) is 0 Å². The maximum absolute atomic E-state index is 8.36. The lowest BCUT2D eigenvalue weighted by Gasteiger charge is -2.14. The molecule has 0 spiro atoms. The molecule has 0 aromatic heterocycles. The molecule has 0 saturated carbocycles. The van der Waals surface area contributed by atoms with E-state index < -0.39 is 0 Å². The highest BCUT2D eigenvalue weighted by atomic mass is 17.1.